The van der Waals surface area contributed by atoms with Gasteiger partial charge in [-0.3, -0.25) is 0 Å². The summed E-state index contributed by atoms with van der Waals surface area (Å²) in [6.45, 7) is 9.39. The van der Waals surface area contributed by atoms with Gasteiger partial charge in [-0.1, -0.05) is 131 Å². The fourth-order valence-corrected chi connectivity index (χ4v) is 6.61. The average molecular weight is 558 g/mol. The summed E-state index contributed by atoms with van der Waals surface area (Å²) >= 11 is 0. The Kier molecular flexibility index (Phi) is 5.48. The number of aromatic nitrogens is 3. The maximum atomic E-state index is 6.58. The number of hydrogen-bond donors (Lipinski definition) is 0. The van der Waals surface area contributed by atoms with E-state index in [9.17, 15) is 0 Å². The van der Waals surface area contributed by atoms with Crippen molar-refractivity contribution < 1.29 is 4.42 Å². The summed E-state index contributed by atoms with van der Waals surface area (Å²) in [5.41, 5.74) is 9.38. The van der Waals surface area contributed by atoms with E-state index in [0.717, 1.165) is 38.6 Å². The zero-order valence-electron chi connectivity index (χ0n) is 24.7. The summed E-state index contributed by atoms with van der Waals surface area (Å²) in [5.74, 6) is 1.99. The maximum Gasteiger partial charge on any atom is 0.164 e. The minimum absolute atomic E-state index is 0.162. The first-order chi connectivity index (χ1) is 20.8. The molecular formula is C39H31N3O. The van der Waals surface area contributed by atoms with Crippen molar-refractivity contribution in [3.8, 4) is 45.3 Å². The van der Waals surface area contributed by atoms with Gasteiger partial charge in [-0.15, -0.1) is 0 Å². The SMILES string of the molecule is CC1(C)c2cc(-c3nc(-c4ccccc4)nc(-c4ccccc4)n3)ccc2-c2c(ccc3c2oc2ccccc23)C1(C)C. The molecule has 4 heteroatoms. The molecule has 0 amide bonds. The van der Waals surface area contributed by atoms with Gasteiger partial charge < -0.3 is 4.42 Å². The first-order valence-corrected chi connectivity index (χ1v) is 14.8. The Bertz CT molecular complexity index is 2120. The lowest BCUT2D eigenvalue weighted by Crippen LogP contribution is -2.43. The maximum absolute atomic E-state index is 6.58. The Balaban J connectivity index is 1.38. The van der Waals surface area contributed by atoms with Crippen LogP contribution in [0.15, 0.2) is 120 Å². The van der Waals surface area contributed by atoms with Crippen molar-refractivity contribution in [3.63, 3.8) is 0 Å². The summed E-state index contributed by atoms with van der Waals surface area (Å²) in [4.78, 5) is 14.9. The molecule has 0 atom stereocenters. The van der Waals surface area contributed by atoms with E-state index in [2.05, 4.69) is 76.2 Å². The van der Waals surface area contributed by atoms with E-state index < -0.39 is 0 Å². The normalized spacial score (nSPS) is 14.9. The van der Waals surface area contributed by atoms with Gasteiger partial charge >= 0.3 is 0 Å². The van der Waals surface area contributed by atoms with E-state index in [1.807, 2.05) is 66.7 Å². The number of furan rings is 1. The fraction of sp³-hybridized carbons (Fsp3) is 0.154. The Morgan fingerprint density at radius 1 is 0.488 bits per heavy atom. The molecule has 0 saturated carbocycles. The Hall–Kier alpha value is -5.09. The fourth-order valence-electron chi connectivity index (χ4n) is 6.61. The van der Waals surface area contributed by atoms with Crippen LogP contribution in [0.1, 0.15) is 38.8 Å². The molecule has 4 nitrogen and oxygen atoms in total. The van der Waals surface area contributed by atoms with Crippen LogP contribution in [0.2, 0.25) is 0 Å². The van der Waals surface area contributed by atoms with Crippen molar-refractivity contribution in [3.05, 3.63) is 126 Å². The number of hydrogen-bond acceptors (Lipinski definition) is 4. The van der Waals surface area contributed by atoms with Gasteiger partial charge in [-0.05, 0) is 39.7 Å². The van der Waals surface area contributed by atoms with Gasteiger partial charge in [0, 0.05) is 33.0 Å². The molecule has 0 radical (unpaired) electrons. The molecule has 2 aromatic heterocycles. The third kappa shape index (κ3) is 3.79. The van der Waals surface area contributed by atoms with Crippen LogP contribution in [0.5, 0.6) is 0 Å². The highest BCUT2D eigenvalue weighted by Gasteiger charge is 2.47. The standard InChI is InChI=1S/C39H31N3O/c1-38(2)30-22-21-28-27-17-11-12-18-32(27)43-34(28)33(30)29-20-19-26(23-31(29)39(38,3)4)37-41-35(24-13-7-5-8-14-24)40-36(42-37)25-15-9-6-10-16-25/h5-23H,1-4H3. The molecule has 0 saturated heterocycles. The second-order valence-electron chi connectivity index (χ2n) is 12.5. The summed E-state index contributed by atoms with van der Waals surface area (Å²) in [7, 11) is 0. The largest absolute Gasteiger partial charge is 0.455 e. The molecule has 7 aromatic rings. The number of para-hydroxylation sites is 1. The van der Waals surface area contributed by atoms with E-state index in [1.54, 1.807) is 0 Å². The molecule has 0 unspecified atom stereocenters. The molecule has 1 aliphatic rings. The minimum Gasteiger partial charge on any atom is -0.455 e. The first kappa shape index (κ1) is 25.6. The predicted octanol–water partition coefficient (Wildman–Crippen LogP) is 10.0. The van der Waals surface area contributed by atoms with Gasteiger partial charge in [0.25, 0.3) is 0 Å². The molecule has 0 spiro atoms. The smallest absolute Gasteiger partial charge is 0.164 e. The zero-order chi connectivity index (χ0) is 29.3. The first-order valence-electron chi connectivity index (χ1n) is 14.8. The van der Waals surface area contributed by atoms with E-state index in [-0.39, 0.29) is 10.8 Å². The summed E-state index contributed by atoms with van der Waals surface area (Å²) in [6.07, 6.45) is 0. The van der Waals surface area contributed by atoms with Gasteiger partial charge in [-0.25, -0.2) is 15.0 Å². The third-order valence-electron chi connectivity index (χ3n) is 9.70. The van der Waals surface area contributed by atoms with Gasteiger partial charge in [0.15, 0.2) is 17.5 Å². The van der Waals surface area contributed by atoms with Crippen LogP contribution < -0.4 is 0 Å². The van der Waals surface area contributed by atoms with Crippen molar-refractivity contribution in [1.29, 1.82) is 0 Å². The molecule has 208 valence electrons. The second-order valence-corrected chi connectivity index (χ2v) is 12.5. The van der Waals surface area contributed by atoms with E-state index >= 15 is 0 Å². The molecule has 0 aliphatic heterocycles. The highest BCUT2D eigenvalue weighted by atomic mass is 16.3. The quantitative estimate of drug-likeness (QED) is 0.217. The number of benzene rings is 5. The summed E-state index contributed by atoms with van der Waals surface area (Å²) in [6, 6.07) is 39.8. The molecule has 0 fully saturated rings. The van der Waals surface area contributed by atoms with Crippen molar-refractivity contribution in [2.45, 2.75) is 38.5 Å². The molecule has 1 aliphatic carbocycles. The average Bonchev–Trinajstić information content (AvgIpc) is 3.43. The molecule has 0 bridgehead atoms. The Morgan fingerprint density at radius 2 is 1.05 bits per heavy atom. The molecule has 0 N–H and O–H groups in total. The van der Waals surface area contributed by atoms with Crippen LogP contribution in [-0.4, -0.2) is 15.0 Å². The van der Waals surface area contributed by atoms with Crippen LogP contribution in [0.3, 0.4) is 0 Å². The van der Waals surface area contributed by atoms with Gasteiger partial charge in [0.2, 0.25) is 0 Å². The molecule has 8 rings (SSSR count). The second kappa shape index (κ2) is 9.20. The predicted molar refractivity (Wildman–Crippen MR) is 175 cm³/mol. The van der Waals surface area contributed by atoms with Crippen molar-refractivity contribution >= 4 is 21.9 Å². The molecule has 43 heavy (non-hydrogen) atoms. The van der Waals surface area contributed by atoms with E-state index in [1.165, 1.54) is 22.3 Å². The van der Waals surface area contributed by atoms with Crippen LogP contribution in [0.4, 0.5) is 0 Å². The zero-order valence-corrected chi connectivity index (χ0v) is 24.7. The highest BCUT2D eigenvalue weighted by Crippen LogP contribution is 2.56. The lowest BCUT2D eigenvalue weighted by atomic mass is 9.55. The summed E-state index contributed by atoms with van der Waals surface area (Å²) < 4.78 is 6.58. The highest BCUT2D eigenvalue weighted by molar-refractivity contribution is 6.11. The monoisotopic (exact) mass is 557 g/mol. The minimum atomic E-state index is -0.178. The lowest BCUT2D eigenvalue weighted by Gasteiger charge is -2.48. The summed E-state index contributed by atoms with van der Waals surface area (Å²) in [5, 5.41) is 2.30. The lowest BCUT2D eigenvalue weighted by molar-refractivity contribution is 0.299. The van der Waals surface area contributed by atoms with Crippen LogP contribution in [0, 0.1) is 0 Å². The van der Waals surface area contributed by atoms with Crippen molar-refractivity contribution in [2.24, 2.45) is 0 Å². The van der Waals surface area contributed by atoms with E-state index in [0.29, 0.717) is 17.5 Å². The van der Waals surface area contributed by atoms with Crippen LogP contribution >= 0.6 is 0 Å². The Morgan fingerprint density at radius 3 is 1.70 bits per heavy atom. The molecule has 5 aromatic carbocycles. The van der Waals surface area contributed by atoms with Gasteiger partial charge in [-0.2, -0.15) is 0 Å². The molecular weight excluding hydrogens is 526 g/mol. The van der Waals surface area contributed by atoms with Crippen molar-refractivity contribution in [1.82, 2.24) is 15.0 Å². The van der Waals surface area contributed by atoms with E-state index in [4.69, 9.17) is 19.4 Å². The third-order valence-corrected chi connectivity index (χ3v) is 9.70. The van der Waals surface area contributed by atoms with Crippen LogP contribution in [-0.2, 0) is 10.8 Å². The Labute approximate surface area is 251 Å². The number of nitrogens with zero attached hydrogens (tertiary/aromatic N) is 3. The van der Waals surface area contributed by atoms with Crippen LogP contribution in [0.25, 0.3) is 67.2 Å². The topological polar surface area (TPSA) is 51.8 Å². The van der Waals surface area contributed by atoms with Gasteiger partial charge in [0.05, 0.1) is 0 Å². The molecule has 2 heterocycles. The van der Waals surface area contributed by atoms with Crippen molar-refractivity contribution in [2.75, 3.05) is 0 Å². The number of fused-ring (bicyclic) bond motifs is 7. The number of rotatable bonds is 3. The van der Waals surface area contributed by atoms with Gasteiger partial charge in [0.1, 0.15) is 11.2 Å².